The first-order chi connectivity index (χ1) is 7.67. The number of fused-ring (bicyclic) bond motifs is 2. The molecular formula is C13H10O2S. The Balaban J connectivity index is 2.08. The Morgan fingerprint density at radius 3 is 3.00 bits per heavy atom. The van der Waals surface area contributed by atoms with Crippen LogP contribution in [0.4, 0.5) is 0 Å². The van der Waals surface area contributed by atoms with E-state index < -0.39 is 5.79 Å². The molecule has 4 rings (SSSR count). The van der Waals surface area contributed by atoms with Crippen molar-refractivity contribution < 1.29 is 10.2 Å². The highest BCUT2D eigenvalue weighted by atomic mass is 32.2. The van der Waals surface area contributed by atoms with Gasteiger partial charge in [0.15, 0.2) is 0 Å². The molecule has 1 fully saturated rings. The number of hydrogen-bond acceptors (Lipinski definition) is 3. The van der Waals surface area contributed by atoms with E-state index in [2.05, 4.69) is 6.07 Å². The van der Waals surface area contributed by atoms with Gasteiger partial charge in [0.1, 0.15) is 0 Å². The van der Waals surface area contributed by atoms with Gasteiger partial charge in [0.05, 0.1) is 0 Å². The van der Waals surface area contributed by atoms with E-state index in [0.29, 0.717) is 16.1 Å². The van der Waals surface area contributed by atoms with Gasteiger partial charge >= 0.3 is 0 Å². The molecule has 1 heterocycles. The highest BCUT2D eigenvalue weighted by Gasteiger charge is 2.47. The maximum absolute atomic E-state index is 9.97. The molecule has 1 aromatic carbocycles. The molecular weight excluding hydrogens is 220 g/mol. The molecule has 2 N–H and O–H groups in total. The topological polar surface area (TPSA) is 40.5 Å². The fourth-order valence-electron chi connectivity index (χ4n) is 2.63. The van der Waals surface area contributed by atoms with Crippen molar-refractivity contribution in [3.63, 3.8) is 0 Å². The fourth-order valence-corrected chi connectivity index (χ4v) is 3.66. The van der Waals surface area contributed by atoms with Crippen LogP contribution in [0.15, 0.2) is 30.4 Å². The molecule has 1 aliphatic heterocycles. The number of thioether (sulfide) groups is 1. The van der Waals surface area contributed by atoms with E-state index in [0.717, 1.165) is 11.1 Å². The van der Waals surface area contributed by atoms with Crippen molar-refractivity contribution in [3.8, 4) is 0 Å². The molecule has 0 saturated carbocycles. The average molecular weight is 230 g/mol. The van der Waals surface area contributed by atoms with Crippen LogP contribution in [0.3, 0.4) is 0 Å². The van der Waals surface area contributed by atoms with Crippen LogP contribution in [0.1, 0.15) is 21.9 Å². The van der Waals surface area contributed by atoms with Gasteiger partial charge in [-0.3, -0.25) is 0 Å². The molecule has 0 aromatic heterocycles. The van der Waals surface area contributed by atoms with E-state index in [1.807, 2.05) is 30.0 Å². The quantitative estimate of drug-likeness (QED) is 0.528. The third-order valence-corrected chi connectivity index (χ3v) is 4.70. The lowest BCUT2D eigenvalue weighted by atomic mass is 9.80. The fraction of sp³-hybridized carbons (Fsp3) is 0.231. The lowest BCUT2D eigenvalue weighted by molar-refractivity contribution is -0.0645. The van der Waals surface area contributed by atoms with Gasteiger partial charge in [-0.1, -0.05) is 30.4 Å². The molecule has 80 valence electrons. The monoisotopic (exact) mass is 230 g/mol. The highest BCUT2D eigenvalue weighted by molar-refractivity contribution is 8.07. The van der Waals surface area contributed by atoms with Crippen LogP contribution >= 0.6 is 11.8 Å². The largest absolute Gasteiger partial charge is 0.359 e. The van der Waals surface area contributed by atoms with Gasteiger partial charge in [-0.05, 0) is 22.8 Å². The minimum atomic E-state index is -1.79. The third kappa shape index (κ3) is 1.01. The van der Waals surface area contributed by atoms with Crippen molar-refractivity contribution in [1.82, 2.24) is 0 Å². The zero-order valence-electron chi connectivity index (χ0n) is 8.42. The summed E-state index contributed by atoms with van der Waals surface area (Å²) in [6.07, 6.45) is 5.26. The first-order valence-electron chi connectivity index (χ1n) is 5.32. The van der Waals surface area contributed by atoms with Gasteiger partial charge in [0, 0.05) is 16.1 Å². The maximum atomic E-state index is 9.97. The normalized spacial score (nSPS) is 31.5. The zero-order chi connectivity index (χ0) is 10.9. The van der Waals surface area contributed by atoms with Gasteiger partial charge in [0.25, 0.3) is 0 Å². The van der Waals surface area contributed by atoms with E-state index in [1.165, 1.54) is 11.6 Å². The predicted octanol–water partition coefficient (Wildman–Crippen LogP) is 1.95. The van der Waals surface area contributed by atoms with Crippen molar-refractivity contribution in [2.24, 2.45) is 0 Å². The molecule has 0 radical (unpaired) electrons. The molecule has 16 heavy (non-hydrogen) atoms. The van der Waals surface area contributed by atoms with Gasteiger partial charge in [-0.2, -0.15) is 0 Å². The average Bonchev–Trinajstić information content (AvgIpc) is 3.03. The van der Waals surface area contributed by atoms with Gasteiger partial charge in [0.2, 0.25) is 5.79 Å². The smallest absolute Gasteiger partial charge is 0.210 e. The molecule has 1 aromatic rings. The Morgan fingerprint density at radius 1 is 1.25 bits per heavy atom. The van der Waals surface area contributed by atoms with Crippen molar-refractivity contribution in [2.45, 2.75) is 16.3 Å². The molecule has 0 amide bonds. The summed E-state index contributed by atoms with van der Waals surface area (Å²) in [5, 5.41) is 20.9. The van der Waals surface area contributed by atoms with Gasteiger partial charge < -0.3 is 10.2 Å². The summed E-state index contributed by atoms with van der Waals surface area (Å²) in [5.41, 5.74) is 4.03. The lowest BCUT2D eigenvalue weighted by Crippen LogP contribution is -2.31. The van der Waals surface area contributed by atoms with Crippen LogP contribution in [0, 0.1) is 0 Å². The summed E-state index contributed by atoms with van der Waals surface area (Å²) in [7, 11) is 0. The molecule has 2 atom stereocenters. The van der Waals surface area contributed by atoms with E-state index in [9.17, 15) is 10.2 Å². The van der Waals surface area contributed by atoms with Crippen molar-refractivity contribution in [3.05, 3.63) is 47.0 Å². The summed E-state index contributed by atoms with van der Waals surface area (Å²) in [5.74, 6) is -1.79. The van der Waals surface area contributed by atoms with Gasteiger partial charge in [-0.15, -0.1) is 11.8 Å². The summed E-state index contributed by atoms with van der Waals surface area (Å²) in [6, 6.07) is 6.16. The second kappa shape index (κ2) is 2.62. The number of rotatable bonds is 0. The van der Waals surface area contributed by atoms with Crippen molar-refractivity contribution in [1.29, 1.82) is 0 Å². The van der Waals surface area contributed by atoms with Crippen LogP contribution < -0.4 is 0 Å². The third-order valence-electron chi connectivity index (χ3n) is 3.45. The summed E-state index contributed by atoms with van der Waals surface area (Å²) < 4.78 is 0. The highest BCUT2D eigenvalue weighted by Crippen LogP contribution is 2.62. The molecule has 2 unspecified atom stereocenters. The van der Waals surface area contributed by atoms with Crippen LogP contribution in [0.5, 0.6) is 0 Å². The predicted molar refractivity (Wildman–Crippen MR) is 64.7 cm³/mol. The summed E-state index contributed by atoms with van der Waals surface area (Å²) in [6.45, 7) is 0. The van der Waals surface area contributed by atoms with Crippen molar-refractivity contribution in [2.75, 3.05) is 0 Å². The molecule has 2 aliphatic carbocycles. The van der Waals surface area contributed by atoms with Gasteiger partial charge in [-0.25, -0.2) is 0 Å². The Bertz CT molecular complexity index is 557. The molecule has 0 spiro atoms. The number of aliphatic hydroxyl groups is 2. The van der Waals surface area contributed by atoms with E-state index in [-0.39, 0.29) is 0 Å². The van der Waals surface area contributed by atoms with Crippen LogP contribution in [0.2, 0.25) is 0 Å². The molecule has 2 nitrogen and oxygen atoms in total. The first-order valence-corrected chi connectivity index (χ1v) is 6.26. The Labute approximate surface area is 97.3 Å². The minimum absolute atomic E-state index is 0.433. The molecule has 0 bridgehead atoms. The Hall–Kier alpha value is -1.03. The second-order valence-corrected chi connectivity index (χ2v) is 5.80. The number of benzene rings is 1. The standard InChI is InChI=1S/C13H10O2S/c14-13(15)5-4-7-2-1-3-8-11(7)9(13)6-10-12(8)16-10/h1-6,10,12,14-15H. The Morgan fingerprint density at radius 2 is 2.12 bits per heavy atom. The van der Waals surface area contributed by atoms with E-state index in [4.69, 9.17) is 0 Å². The SMILES string of the molecule is OC1(O)C=Cc2cccc3c2C1=CC1SC31. The first kappa shape index (κ1) is 9.05. The molecule has 3 aliphatic rings. The minimum Gasteiger partial charge on any atom is -0.359 e. The van der Waals surface area contributed by atoms with E-state index >= 15 is 0 Å². The summed E-state index contributed by atoms with van der Waals surface area (Å²) >= 11 is 1.87. The van der Waals surface area contributed by atoms with Crippen LogP contribution in [-0.4, -0.2) is 21.3 Å². The molecule has 1 saturated heterocycles. The van der Waals surface area contributed by atoms with Crippen molar-refractivity contribution >= 4 is 23.4 Å². The van der Waals surface area contributed by atoms with Crippen LogP contribution in [-0.2, 0) is 0 Å². The lowest BCUT2D eigenvalue weighted by Gasteiger charge is -2.30. The number of hydrogen-bond donors (Lipinski definition) is 2. The second-order valence-electron chi connectivity index (χ2n) is 4.47. The summed E-state index contributed by atoms with van der Waals surface area (Å²) in [4.78, 5) is 0. The van der Waals surface area contributed by atoms with E-state index in [1.54, 1.807) is 6.08 Å². The zero-order valence-corrected chi connectivity index (χ0v) is 9.24. The van der Waals surface area contributed by atoms with Crippen LogP contribution in [0.25, 0.3) is 11.6 Å². The Kier molecular flexibility index (Phi) is 1.48. The maximum Gasteiger partial charge on any atom is 0.210 e. The molecule has 3 heteroatoms.